The summed E-state index contributed by atoms with van der Waals surface area (Å²) in [4.78, 5) is 12.5. The normalized spacial score (nSPS) is 18.6. The number of piperidine rings is 1. The second-order valence-corrected chi connectivity index (χ2v) is 9.26. The number of fused-ring (bicyclic) bond motifs is 1. The number of hydrogen-bond acceptors (Lipinski definition) is 6. The van der Waals surface area contributed by atoms with Gasteiger partial charge in [0.25, 0.3) is 0 Å². The SMILES string of the molecule is COCCn1nnc2cc(S(=O)(=O)N3CCC[C@H](C(=O)NC(C)C)C3)ccc21. The highest BCUT2D eigenvalue weighted by Crippen LogP contribution is 2.26. The van der Waals surface area contributed by atoms with E-state index in [1.54, 1.807) is 30.0 Å². The quantitative estimate of drug-likeness (QED) is 0.731. The highest BCUT2D eigenvalue weighted by Gasteiger charge is 2.33. The number of nitrogens with zero attached hydrogens (tertiary/aromatic N) is 4. The summed E-state index contributed by atoms with van der Waals surface area (Å²) in [5.74, 6) is -0.420. The van der Waals surface area contributed by atoms with Gasteiger partial charge in [0.15, 0.2) is 0 Å². The molecule has 28 heavy (non-hydrogen) atoms. The number of carbonyl (C=O) groups is 1. The van der Waals surface area contributed by atoms with E-state index in [-0.39, 0.29) is 29.3 Å². The molecule has 1 aliphatic rings. The Morgan fingerprint density at radius 1 is 1.39 bits per heavy atom. The zero-order valence-electron chi connectivity index (χ0n) is 16.5. The smallest absolute Gasteiger partial charge is 0.243 e. The summed E-state index contributed by atoms with van der Waals surface area (Å²) in [6.45, 7) is 5.42. The molecule has 0 saturated carbocycles. The first-order valence-electron chi connectivity index (χ1n) is 9.45. The average molecular weight is 410 g/mol. The molecule has 2 aromatic rings. The van der Waals surface area contributed by atoms with E-state index in [1.807, 2.05) is 13.8 Å². The molecule has 0 radical (unpaired) electrons. The molecule has 1 N–H and O–H groups in total. The Bertz CT molecular complexity index is 941. The summed E-state index contributed by atoms with van der Waals surface area (Å²) in [6.07, 6.45) is 1.35. The molecular weight excluding hydrogens is 382 g/mol. The maximum Gasteiger partial charge on any atom is 0.243 e. The molecule has 10 heteroatoms. The maximum absolute atomic E-state index is 13.1. The number of sulfonamides is 1. The summed E-state index contributed by atoms with van der Waals surface area (Å²) < 4.78 is 34.4. The molecule has 1 amide bonds. The minimum absolute atomic E-state index is 0.0302. The van der Waals surface area contributed by atoms with Crippen molar-refractivity contribution in [2.24, 2.45) is 5.92 Å². The molecule has 1 aromatic heterocycles. The molecule has 1 atom stereocenters. The molecule has 1 fully saturated rings. The van der Waals surface area contributed by atoms with Crippen LogP contribution >= 0.6 is 0 Å². The summed E-state index contributed by atoms with van der Waals surface area (Å²) in [6, 6.07) is 4.86. The molecule has 1 saturated heterocycles. The van der Waals surface area contributed by atoms with Crippen LogP contribution in [0.1, 0.15) is 26.7 Å². The van der Waals surface area contributed by atoms with Gasteiger partial charge in [0.2, 0.25) is 15.9 Å². The van der Waals surface area contributed by atoms with Gasteiger partial charge in [-0.05, 0) is 44.9 Å². The first-order valence-corrected chi connectivity index (χ1v) is 10.9. The number of hydrogen-bond donors (Lipinski definition) is 1. The van der Waals surface area contributed by atoms with Gasteiger partial charge in [0.05, 0.1) is 29.5 Å². The average Bonchev–Trinajstić information content (AvgIpc) is 3.08. The van der Waals surface area contributed by atoms with Crippen molar-refractivity contribution in [3.8, 4) is 0 Å². The number of aromatic nitrogens is 3. The Morgan fingerprint density at radius 3 is 2.89 bits per heavy atom. The summed E-state index contributed by atoms with van der Waals surface area (Å²) in [5.41, 5.74) is 1.27. The highest BCUT2D eigenvalue weighted by atomic mass is 32.2. The first-order chi connectivity index (χ1) is 13.3. The van der Waals surface area contributed by atoms with Crippen LogP contribution in [0.4, 0.5) is 0 Å². The predicted octanol–water partition coefficient (Wildman–Crippen LogP) is 1.00. The van der Waals surface area contributed by atoms with Crippen LogP contribution in [-0.4, -0.2) is 66.5 Å². The van der Waals surface area contributed by atoms with E-state index in [0.29, 0.717) is 38.1 Å². The third-order valence-corrected chi connectivity index (χ3v) is 6.68. The Labute approximate surface area is 165 Å². The fourth-order valence-electron chi connectivity index (χ4n) is 3.38. The molecule has 0 spiro atoms. The van der Waals surface area contributed by atoms with Crippen molar-refractivity contribution in [3.63, 3.8) is 0 Å². The van der Waals surface area contributed by atoms with Gasteiger partial charge in [-0.15, -0.1) is 5.10 Å². The molecule has 0 bridgehead atoms. The number of rotatable bonds is 7. The lowest BCUT2D eigenvalue weighted by atomic mass is 9.98. The zero-order valence-corrected chi connectivity index (χ0v) is 17.3. The lowest BCUT2D eigenvalue weighted by Crippen LogP contribution is -2.46. The monoisotopic (exact) mass is 409 g/mol. The minimum Gasteiger partial charge on any atom is -0.383 e. The Hall–Kier alpha value is -2.04. The van der Waals surface area contributed by atoms with Crippen LogP contribution in [0, 0.1) is 5.92 Å². The molecule has 1 aromatic carbocycles. The van der Waals surface area contributed by atoms with Crippen LogP contribution in [0.2, 0.25) is 0 Å². The number of nitrogens with one attached hydrogen (secondary N) is 1. The molecule has 0 aliphatic carbocycles. The largest absolute Gasteiger partial charge is 0.383 e. The molecule has 1 aliphatic heterocycles. The van der Waals surface area contributed by atoms with Gasteiger partial charge in [0, 0.05) is 26.2 Å². The van der Waals surface area contributed by atoms with Gasteiger partial charge in [-0.3, -0.25) is 4.79 Å². The van der Waals surface area contributed by atoms with Gasteiger partial charge in [0.1, 0.15) is 5.52 Å². The minimum atomic E-state index is -3.70. The fraction of sp³-hybridized carbons (Fsp3) is 0.611. The van der Waals surface area contributed by atoms with Gasteiger partial charge in [-0.2, -0.15) is 4.31 Å². The van der Waals surface area contributed by atoms with Crippen molar-refractivity contribution < 1.29 is 17.9 Å². The van der Waals surface area contributed by atoms with E-state index in [2.05, 4.69) is 15.6 Å². The molecule has 3 rings (SSSR count). The van der Waals surface area contributed by atoms with Gasteiger partial charge < -0.3 is 10.1 Å². The van der Waals surface area contributed by atoms with E-state index < -0.39 is 10.0 Å². The van der Waals surface area contributed by atoms with Gasteiger partial charge >= 0.3 is 0 Å². The van der Waals surface area contributed by atoms with Gasteiger partial charge in [-0.25, -0.2) is 13.1 Å². The van der Waals surface area contributed by atoms with E-state index in [4.69, 9.17) is 4.74 Å². The fourth-order valence-corrected chi connectivity index (χ4v) is 4.93. The van der Waals surface area contributed by atoms with Crippen LogP contribution < -0.4 is 5.32 Å². The molecule has 9 nitrogen and oxygen atoms in total. The first kappa shape index (κ1) is 20.7. The van der Waals surface area contributed by atoms with E-state index >= 15 is 0 Å². The van der Waals surface area contributed by atoms with Crippen molar-refractivity contribution in [1.29, 1.82) is 0 Å². The van der Waals surface area contributed by atoms with Crippen LogP contribution in [-0.2, 0) is 26.1 Å². The third-order valence-electron chi connectivity index (χ3n) is 4.82. The Balaban J connectivity index is 1.80. The number of methoxy groups -OCH3 is 1. The standard InChI is InChI=1S/C18H27N5O4S/c1-13(2)19-18(24)14-5-4-8-22(12-14)28(25,26)15-6-7-17-16(11-15)20-21-23(17)9-10-27-3/h6-7,11,13-14H,4-5,8-10,12H2,1-3H3,(H,19,24)/t14-/m0/s1. The van der Waals surface area contributed by atoms with Crippen molar-refractivity contribution in [2.75, 3.05) is 26.8 Å². The van der Waals surface area contributed by atoms with Crippen molar-refractivity contribution in [3.05, 3.63) is 18.2 Å². The summed E-state index contributed by atoms with van der Waals surface area (Å²) in [7, 11) is -2.10. The number of amides is 1. The molecule has 0 unspecified atom stereocenters. The number of benzene rings is 1. The van der Waals surface area contributed by atoms with Crippen LogP contribution in [0.5, 0.6) is 0 Å². The Kier molecular flexibility index (Phi) is 6.31. The van der Waals surface area contributed by atoms with Crippen molar-refractivity contribution >= 4 is 27.0 Å². The predicted molar refractivity (Wildman–Crippen MR) is 104 cm³/mol. The van der Waals surface area contributed by atoms with Gasteiger partial charge in [-0.1, -0.05) is 5.21 Å². The van der Waals surface area contributed by atoms with E-state index in [1.165, 1.54) is 4.31 Å². The Morgan fingerprint density at radius 2 is 2.18 bits per heavy atom. The van der Waals surface area contributed by atoms with E-state index in [9.17, 15) is 13.2 Å². The zero-order chi connectivity index (χ0) is 20.3. The van der Waals surface area contributed by atoms with E-state index in [0.717, 1.165) is 5.52 Å². The third kappa shape index (κ3) is 4.34. The highest BCUT2D eigenvalue weighted by molar-refractivity contribution is 7.89. The summed E-state index contributed by atoms with van der Waals surface area (Å²) >= 11 is 0. The number of carbonyl (C=O) groups excluding carboxylic acids is 1. The molecular formula is C18H27N5O4S. The molecule has 2 heterocycles. The maximum atomic E-state index is 13.1. The van der Waals surface area contributed by atoms with Crippen LogP contribution in [0.3, 0.4) is 0 Å². The molecule has 154 valence electrons. The topological polar surface area (TPSA) is 106 Å². The van der Waals surface area contributed by atoms with Crippen molar-refractivity contribution in [2.45, 2.75) is 44.2 Å². The van der Waals surface area contributed by atoms with Crippen LogP contribution in [0.15, 0.2) is 23.1 Å². The number of ether oxygens (including phenoxy) is 1. The lowest BCUT2D eigenvalue weighted by molar-refractivity contribution is -0.126. The lowest BCUT2D eigenvalue weighted by Gasteiger charge is -2.31. The van der Waals surface area contributed by atoms with Crippen LogP contribution in [0.25, 0.3) is 11.0 Å². The van der Waals surface area contributed by atoms with Crippen molar-refractivity contribution in [1.82, 2.24) is 24.6 Å². The second kappa shape index (κ2) is 8.54. The second-order valence-electron chi connectivity index (χ2n) is 7.32. The summed E-state index contributed by atoms with van der Waals surface area (Å²) in [5, 5.41) is 11.0.